The molecule has 0 unspecified atom stereocenters. The molecule has 2 bridgehead atoms. The van der Waals surface area contributed by atoms with Gasteiger partial charge in [0.25, 0.3) is 0 Å². The summed E-state index contributed by atoms with van der Waals surface area (Å²) in [6.07, 6.45) is 2.61. The molecule has 26 heavy (non-hydrogen) atoms. The summed E-state index contributed by atoms with van der Waals surface area (Å²) in [6, 6.07) is 15.7. The Bertz CT molecular complexity index is 929. The van der Waals surface area contributed by atoms with Crippen LogP contribution in [0.5, 0.6) is 0 Å². The molecule has 2 heterocycles. The van der Waals surface area contributed by atoms with Crippen LogP contribution >= 0.6 is 0 Å². The number of benzene rings is 2. The van der Waals surface area contributed by atoms with Crippen LogP contribution < -0.4 is 0 Å². The Morgan fingerprint density at radius 1 is 0.923 bits per heavy atom. The molecule has 2 aromatic rings. The lowest BCUT2D eigenvalue weighted by atomic mass is 9.82. The van der Waals surface area contributed by atoms with E-state index >= 15 is 0 Å². The van der Waals surface area contributed by atoms with Crippen LogP contribution in [-0.2, 0) is 10.0 Å². The van der Waals surface area contributed by atoms with Gasteiger partial charge in [-0.05, 0) is 50.8 Å². The largest absolute Gasteiger partial charge is 0.243 e. The van der Waals surface area contributed by atoms with Crippen molar-refractivity contribution in [1.82, 2.24) is 4.31 Å². The average molecular weight is 368 g/mol. The number of piperidine rings is 1. The first-order chi connectivity index (χ1) is 12.4. The highest BCUT2D eigenvalue weighted by Crippen LogP contribution is 2.48. The summed E-state index contributed by atoms with van der Waals surface area (Å²) in [5, 5.41) is 0. The standard InChI is InChI=1S/C22H25NO2S/c1-15-4-8-18(9-5-15)21-14-19-10-13-22(17(21)3)23(19)26(24,25)20-11-6-16(2)7-12-20/h4-9,11-12,19,21-22H,3,10,13-14H2,1-2H3/t19-,21-,22+/m0/s1. The van der Waals surface area contributed by atoms with Crippen LogP contribution in [0.2, 0.25) is 0 Å². The van der Waals surface area contributed by atoms with Crippen LogP contribution in [0.15, 0.2) is 65.6 Å². The molecule has 0 aliphatic carbocycles. The first kappa shape index (κ1) is 17.5. The zero-order valence-electron chi connectivity index (χ0n) is 15.4. The maximum atomic E-state index is 13.3. The molecule has 2 saturated heterocycles. The van der Waals surface area contributed by atoms with Crippen LogP contribution in [0, 0.1) is 13.8 Å². The molecular formula is C22H25NO2S. The molecule has 3 nitrogen and oxygen atoms in total. The minimum Gasteiger partial charge on any atom is -0.207 e. The molecule has 4 rings (SSSR count). The van der Waals surface area contributed by atoms with Gasteiger partial charge in [-0.2, -0.15) is 4.31 Å². The molecule has 2 aliphatic rings. The topological polar surface area (TPSA) is 37.4 Å². The lowest BCUT2D eigenvalue weighted by molar-refractivity contribution is 0.280. The first-order valence-electron chi connectivity index (χ1n) is 9.23. The number of nitrogens with zero attached hydrogens (tertiary/aromatic N) is 1. The number of hydrogen-bond donors (Lipinski definition) is 0. The van der Waals surface area contributed by atoms with Gasteiger partial charge in [0.05, 0.1) is 4.90 Å². The second-order valence-electron chi connectivity index (χ2n) is 7.67. The Balaban J connectivity index is 1.66. The molecule has 0 saturated carbocycles. The van der Waals surface area contributed by atoms with Crippen molar-refractivity contribution in [3.63, 3.8) is 0 Å². The summed E-state index contributed by atoms with van der Waals surface area (Å²) >= 11 is 0. The molecule has 0 N–H and O–H groups in total. The van der Waals surface area contributed by atoms with E-state index in [1.165, 1.54) is 11.1 Å². The van der Waals surface area contributed by atoms with Gasteiger partial charge in [0, 0.05) is 18.0 Å². The van der Waals surface area contributed by atoms with Crippen LogP contribution in [0.1, 0.15) is 41.9 Å². The number of hydrogen-bond acceptors (Lipinski definition) is 2. The SMILES string of the molecule is C=C1[C@H]2CC[C@@H](C[C@@H]1c1ccc(C)cc1)N2S(=O)(=O)c1ccc(C)cc1. The van der Waals surface area contributed by atoms with Crippen molar-refractivity contribution in [3.8, 4) is 0 Å². The van der Waals surface area contributed by atoms with Crippen LogP contribution in [0.3, 0.4) is 0 Å². The van der Waals surface area contributed by atoms with Crippen molar-refractivity contribution in [1.29, 1.82) is 0 Å². The van der Waals surface area contributed by atoms with Gasteiger partial charge in [0.2, 0.25) is 10.0 Å². The van der Waals surface area contributed by atoms with Gasteiger partial charge in [-0.3, -0.25) is 0 Å². The molecule has 136 valence electrons. The molecule has 4 heteroatoms. The van der Waals surface area contributed by atoms with Crippen LogP contribution in [0.4, 0.5) is 0 Å². The van der Waals surface area contributed by atoms with Gasteiger partial charge < -0.3 is 0 Å². The minimum atomic E-state index is -3.49. The highest BCUT2D eigenvalue weighted by molar-refractivity contribution is 7.89. The predicted molar refractivity (Wildman–Crippen MR) is 105 cm³/mol. The number of fused-ring (bicyclic) bond motifs is 2. The Kier molecular flexibility index (Phi) is 4.28. The van der Waals surface area contributed by atoms with E-state index in [9.17, 15) is 8.42 Å². The Morgan fingerprint density at radius 2 is 1.50 bits per heavy atom. The fraction of sp³-hybridized carbons (Fsp3) is 0.364. The smallest absolute Gasteiger partial charge is 0.207 e. The molecular weight excluding hydrogens is 342 g/mol. The van der Waals surface area contributed by atoms with E-state index in [1.54, 1.807) is 16.4 Å². The molecule has 2 aromatic carbocycles. The van der Waals surface area contributed by atoms with Crippen molar-refractivity contribution >= 4 is 10.0 Å². The lowest BCUT2D eigenvalue weighted by Crippen LogP contribution is -2.47. The molecule has 2 aliphatic heterocycles. The van der Waals surface area contributed by atoms with Gasteiger partial charge in [-0.1, -0.05) is 59.7 Å². The van der Waals surface area contributed by atoms with Gasteiger partial charge in [0.15, 0.2) is 0 Å². The van der Waals surface area contributed by atoms with Crippen molar-refractivity contribution in [2.75, 3.05) is 0 Å². The van der Waals surface area contributed by atoms with E-state index in [4.69, 9.17) is 0 Å². The monoisotopic (exact) mass is 367 g/mol. The quantitative estimate of drug-likeness (QED) is 0.745. The van der Waals surface area contributed by atoms with E-state index in [2.05, 4.69) is 37.8 Å². The molecule has 0 aromatic heterocycles. The van der Waals surface area contributed by atoms with E-state index in [1.807, 2.05) is 19.1 Å². The summed E-state index contributed by atoms with van der Waals surface area (Å²) in [4.78, 5) is 0.390. The van der Waals surface area contributed by atoms with Gasteiger partial charge >= 0.3 is 0 Å². The maximum absolute atomic E-state index is 13.3. The zero-order chi connectivity index (χ0) is 18.5. The lowest BCUT2D eigenvalue weighted by Gasteiger charge is -2.40. The molecule has 0 spiro atoms. The number of rotatable bonds is 3. The van der Waals surface area contributed by atoms with Crippen molar-refractivity contribution in [2.45, 2.75) is 56.0 Å². The van der Waals surface area contributed by atoms with Gasteiger partial charge in [0.1, 0.15) is 0 Å². The van der Waals surface area contributed by atoms with Crippen molar-refractivity contribution < 1.29 is 8.42 Å². The first-order valence-corrected chi connectivity index (χ1v) is 10.7. The second-order valence-corrected chi connectivity index (χ2v) is 9.51. The molecule has 0 radical (unpaired) electrons. The second kappa shape index (κ2) is 6.36. The van der Waals surface area contributed by atoms with E-state index in [-0.39, 0.29) is 18.0 Å². The van der Waals surface area contributed by atoms with E-state index < -0.39 is 10.0 Å². The number of sulfonamides is 1. The highest BCUT2D eigenvalue weighted by Gasteiger charge is 2.49. The van der Waals surface area contributed by atoms with Crippen LogP contribution in [-0.4, -0.2) is 24.8 Å². The van der Waals surface area contributed by atoms with Crippen LogP contribution in [0.25, 0.3) is 0 Å². The average Bonchev–Trinajstić information content (AvgIpc) is 2.98. The summed E-state index contributed by atoms with van der Waals surface area (Å²) in [7, 11) is -3.49. The molecule has 2 fully saturated rings. The zero-order valence-corrected chi connectivity index (χ0v) is 16.2. The maximum Gasteiger partial charge on any atom is 0.243 e. The summed E-state index contributed by atoms with van der Waals surface area (Å²) < 4.78 is 28.3. The third kappa shape index (κ3) is 2.81. The third-order valence-corrected chi connectivity index (χ3v) is 7.88. The van der Waals surface area contributed by atoms with Gasteiger partial charge in [-0.15, -0.1) is 0 Å². The predicted octanol–water partition coefficient (Wildman–Crippen LogP) is 4.57. The summed E-state index contributed by atoms with van der Waals surface area (Å²) in [5.41, 5.74) is 4.60. The summed E-state index contributed by atoms with van der Waals surface area (Å²) in [5.74, 6) is 0.248. The summed E-state index contributed by atoms with van der Waals surface area (Å²) in [6.45, 7) is 8.39. The third-order valence-electron chi connectivity index (χ3n) is 5.90. The molecule has 3 atom stereocenters. The van der Waals surface area contributed by atoms with E-state index in [0.717, 1.165) is 30.4 Å². The van der Waals surface area contributed by atoms with Gasteiger partial charge in [-0.25, -0.2) is 8.42 Å². The highest BCUT2D eigenvalue weighted by atomic mass is 32.2. The van der Waals surface area contributed by atoms with Crippen molar-refractivity contribution in [3.05, 3.63) is 77.4 Å². The van der Waals surface area contributed by atoms with E-state index in [0.29, 0.717) is 4.90 Å². The normalized spacial score (nSPS) is 26.2. The Hall–Kier alpha value is -1.91. The Labute approximate surface area is 156 Å². The van der Waals surface area contributed by atoms with Crippen molar-refractivity contribution in [2.24, 2.45) is 0 Å². The number of aryl methyl sites for hydroxylation is 2. The minimum absolute atomic E-state index is 0.0584. The molecule has 0 amide bonds. The fourth-order valence-electron chi connectivity index (χ4n) is 4.43. The Morgan fingerprint density at radius 3 is 2.12 bits per heavy atom. The fourth-order valence-corrected chi connectivity index (χ4v) is 6.31.